The summed E-state index contributed by atoms with van der Waals surface area (Å²) in [4.78, 5) is 13.0. The maximum atomic E-state index is 12.2. The van der Waals surface area contributed by atoms with Gasteiger partial charge in [-0.1, -0.05) is 24.3 Å². The van der Waals surface area contributed by atoms with Gasteiger partial charge in [0, 0.05) is 6.42 Å². The van der Waals surface area contributed by atoms with Gasteiger partial charge in [0.05, 0.1) is 7.11 Å². The molecule has 0 bridgehead atoms. The van der Waals surface area contributed by atoms with Crippen molar-refractivity contribution in [1.29, 1.82) is 0 Å². The molecule has 1 heterocycles. The van der Waals surface area contributed by atoms with E-state index in [2.05, 4.69) is 18.2 Å². The highest BCUT2D eigenvalue weighted by Gasteiger charge is 2.28. The van der Waals surface area contributed by atoms with Gasteiger partial charge in [-0.3, -0.25) is 4.79 Å². The Kier molecular flexibility index (Phi) is 2.92. The smallest absolute Gasteiger partial charge is 0.177 e. The molecule has 0 saturated carbocycles. The SMILES string of the molecule is COc1ccsc1C(=O)CC1Cc2ccccc21. The van der Waals surface area contributed by atoms with Crippen LogP contribution in [-0.4, -0.2) is 12.9 Å². The summed E-state index contributed by atoms with van der Waals surface area (Å²) in [5.74, 6) is 1.29. The fourth-order valence-corrected chi connectivity index (χ4v) is 3.33. The Morgan fingerprint density at radius 3 is 3.00 bits per heavy atom. The lowest BCUT2D eigenvalue weighted by Gasteiger charge is -2.29. The number of ketones is 1. The standard InChI is InChI=1S/C15H14O2S/c1-17-14-6-7-18-15(14)13(16)9-11-8-10-4-2-3-5-12(10)11/h2-7,11H,8-9H2,1H3. The molecule has 1 aromatic heterocycles. The molecule has 0 saturated heterocycles. The maximum Gasteiger partial charge on any atom is 0.177 e. The molecule has 3 rings (SSSR count). The number of Topliss-reactive ketones (excluding diaryl/α,β-unsaturated/α-hetero) is 1. The predicted octanol–water partition coefficient (Wildman–Crippen LogP) is 3.67. The minimum Gasteiger partial charge on any atom is -0.495 e. The fourth-order valence-electron chi connectivity index (χ4n) is 2.52. The monoisotopic (exact) mass is 258 g/mol. The average Bonchev–Trinajstić information content (AvgIpc) is 2.84. The molecule has 0 spiro atoms. The molecule has 1 unspecified atom stereocenters. The summed E-state index contributed by atoms with van der Waals surface area (Å²) in [5, 5.41) is 1.90. The van der Waals surface area contributed by atoms with E-state index in [1.807, 2.05) is 17.5 Å². The van der Waals surface area contributed by atoms with Gasteiger partial charge in [0.15, 0.2) is 5.78 Å². The van der Waals surface area contributed by atoms with Gasteiger partial charge >= 0.3 is 0 Å². The molecular formula is C15H14O2S. The van der Waals surface area contributed by atoms with E-state index < -0.39 is 0 Å². The lowest BCUT2D eigenvalue weighted by molar-refractivity contribution is 0.0972. The zero-order valence-corrected chi connectivity index (χ0v) is 11.0. The highest BCUT2D eigenvalue weighted by atomic mass is 32.1. The number of thiophene rings is 1. The van der Waals surface area contributed by atoms with Crippen molar-refractivity contribution in [2.24, 2.45) is 0 Å². The van der Waals surface area contributed by atoms with Crippen LogP contribution in [0.3, 0.4) is 0 Å². The molecule has 3 heteroatoms. The Hall–Kier alpha value is -1.61. The molecule has 1 aliphatic carbocycles. The van der Waals surface area contributed by atoms with Gasteiger partial charge in [0.25, 0.3) is 0 Å². The molecule has 92 valence electrons. The Morgan fingerprint density at radius 1 is 1.39 bits per heavy atom. The van der Waals surface area contributed by atoms with Crippen molar-refractivity contribution in [3.05, 3.63) is 51.7 Å². The summed E-state index contributed by atoms with van der Waals surface area (Å²) >= 11 is 1.47. The van der Waals surface area contributed by atoms with Crippen molar-refractivity contribution in [3.8, 4) is 5.75 Å². The van der Waals surface area contributed by atoms with E-state index in [0.717, 1.165) is 11.3 Å². The summed E-state index contributed by atoms with van der Waals surface area (Å²) in [7, 11) is 1.61. The van der Waals surface area contributed by atoms with Crippen LogP contribution in [0.1, 0.15) is 33.1 Å². The topological polar surface area (TPSA) is 26.3 Å². The first-order valence-electron chi connectivity index (χ1n) is 6.02. The Morgan fingerprint density at radius 2 is 2.22 bits per heavy atom. The second-order valence-electron chi connectivity index (χ2n) is 4.55. The number of rotatable bonds is 4. The van der Waals surface area contributed by atoms with Crippen molar-refractivity contribution in [2.75, 3.05) is 7.11 Å². The summed E-state index contributed by atoms with van der Waals surface area (Å²) in [5.41, 5.74) is 2.72. The van der Waals surface area contributed by atoms with Gasteiger partial charge in [-0.25, -0.2) is 0 Å². The Bertz CT molecular complexity index is 586. The van der Waals surface area contributed by atoms with Crippen LogP contribution < -0.4 is 4.74 Å². The van der Waals surface area contributed by atoms with E-state index in [1.54, 1.807) is 7.11 Å². The van der Waals surface area contributed by atoms with Crippen LogP contribution in [0.25, 0.3) is 0 Å². The molecule has 1 atom stereocenters. The summed E-state index contributed by atoms with van der Waals surface area (Å²) in [6.45, 7) is 0. The molecule has 2 aromatic rings. The molecule has 2 nitrogen and oxygen atoms in total. The van der Waals surface area contributed by atoms with Gasteiger partial charge in [0.1, 0.15) is 10.6 Å². The van der Waals surface area contributed by atoms with E-state index >= 15 is 0 Å². The molecule has 0 fully saturated rings. The highest BCUT2D eigenvalue weighted by molar-refractivity contribution is 7.12. The number of ether oxygens (including phenoxy) is 1. The molecule has 0 radical (unpaired) electrons. The zero-order chi connectivity index (χ0) is 12.5. The second-order valence-corrected chi connectivity index (χ2v) is 5.46. The van der Waals surface area contributed by atoms with E-state index in [4.69, 9.17) is 4.74 Å². The molecule has 1 aliphatic rings. The Labute approximate surface area is 110 Å². The molecule has 0 amide bonds. The van der Waals surface area contributed by atoms with E-state index in [1.165, 1.54) is 22.5 Å². The predicted molar refractivity (Wildman–Crippen MR) is 72.7 cm³/mol. The summed E-state index contributed by atoms with van der Waals surface area (Å²) < 4.78 is 5.20. The first kappa shape index (κ1) is 11.5. The number of carbonyl (C=O) groups is 1. The first-order chi connectivity index (χ1) is 8.79. The quantitative estimate of drug-likeness (QED) is 0.782. The Balaban J connectivity index is 1.74. The first-order valence-corrected chi connectivity index (χ1v) is 6.90. The maximum absolute atomic E-state index is 12.2. The second kappa shape index (κ2) is 4.58. The van der Waals surface area contributed by atoms with Crippen LogP contribution in [-0.2, 0) is 6.42 Å². The van der Waals surface area contributed by atoms with E-state index in [9.17, 15) is 4.79 Å². The number of hydrogen-bond acceptors (Lipinski definition) is 3. The van der Waals surface area contributed by atoms with Gasteiger partial charge < -0.3 is 4.74 Å². The number of fused-ring (bicyclic) bond motifs is 1. The molecular weight excluding hydrogens is 244 g/mol. The van der Waals surface area contributed by atoms with Gasteiger partial charge in [-0.2, -0.15) is 0 Å². The van der Waals surface area contributed by atoms with Crippen molar-refractivity contribution in [2.45, 2.75) is 18.8 Å². The minimum absolute atomic E-state index is 0.196. The summed E-state index contributed by atoms with van der Waals surface area (Å²) in [6, 6.07) is 10.2. The zero-order valence-electron chi connectivity index (χ0n) is 10.2. The van der Waals surface area contributed by atoms with Crippen molar-refractivity contribution < 1.29 is 9.53 Å². The van der Waals surface area contributed by atoms with Crippen molar-refractivity contribution >= 4 is 17.1 Å². The average molecular weight is 258 g/mol. The van der Waals surface area contributed by atoms with Crippen LogP contribution >= 0.6 is 11.3 Å². The van der Waals surface area contributed by atoms with Crippen molar-refractivity contribution in [3.63, 3.8) is 0 Å². The van der Waals surface area contributed by atoms with Gasteiger partial charge in [-0.05, 0) is 34.9 Å². The largest absolute Gasteiger partial charge is 0.495 e. The third-order valence-electron chi connectivity index (χ3n) is 3.50. The normalized spacial score (nSPS) is 16.8. The number of methoxy groups -OCH3 is 1. The minimum atomic E-state index is 0.196. The van der Waals surface area contributed by atoms with Crippen LogP contribution in [0, 0.1) is 0 Å². The van der Waals surface area contributed by atoms with Crippen LogP contribution in [0.5, 0.6) is 5.75 Å². The van der Waals surface area contributed by atoms with Gasteiger partial charge in [0.2, 0.25) is 0 Å². The summed E-state index contributed by atoms with van der Waals surface area (Å²) in [6.07, 6.45) is 1.61. The van der Waals surface area contributed by atoms with E-state index in [0.29, 0.717) is 18.1 Å². The third kappa shape index (κ3) is 1.85. The van der Waals surface area contributed by atoms with Crippen LogP contribution in [0.15, 0.2) is 35.7 Å². The third-order valence-corrected chi connectivity index (χ3v) is 4.43. The van der Waals surface area contributed by atoms with Crippen LogP contribution in [0.2, 0.25) is 0 Å². The lowest BCUT2D eigenvalue weighted by Crippen LogP contribution is -2.19. The number of benzene rings is 1. The molecule has 0 aliphatic heterocycles. The number of hydrogen-bond donors (Lipinski definition) is 0. The number of carbonyl (C=O) groups excluding carboxylic acids is 1. The lowest BCUT2D eigenvalue weighted by atomic mass is 9.75. The molecule has 1 aromatic carbocycles. The highest BCUT2D eigenvalue weighted by Crippen LogP contribution is 2.39. The van der Waals surface area contributed by atoms with E-state index in [-0.39, 0.29) is 5.78 Å². The molecule has 18 heavy (non-hydrogen) atoms. The van der Waals surface area contributed by atoms with Gasteiger partial charge in [-0.15, -0.1) is 11.3 Å². The van der Waals surface area contributed by atoms with Crippen LogP contribution in [0.4, 0.5) is 0 Å². The fraction of sp³-hybridized carbons (Fsp3) is 0.267. The molecule has 0 N–H and O–H groups in total. The van der Waals surface area contributed by atoms with Crippen molar-refractivity contribution in [1.82, 2.24) is 0 Å².